The molecule has 0 radical (unpaired) electrons. The number of fused-ring (bicyclic) bond motifs is 9. The highest BCUT2D eigenvalue weighted by Gasteiger charge is 2.35. The van der Waals surface area contributed by atoms with E-state index >= 15 is 0 Å². The van der Waals surface area contributed by atoms with Crippen molar-refractivity contribution in [2.75, 3.05) is 0 Å². The van der Waals surface area contributed by atoms with Crippen LogP contribution >= 0.6 is 0 Å². The number of hydrogen-bond donors (Lipinski definition) is 0. The van der Waals surface area contributed by atoms with Gasteiger partial charge in [0.1, 0.15) is 0 Å². The Morgan fingerprint density at radius 1 is 0.449 bits per heavy atom. The van der Waals surface area contributed by atoms with E-state index in [-0.39, 0.29) is 5.41 Å². The van der Waals surface area contributed by atoms with E-state index in [0.29, 0.717) is 11.8 Å². The van der Waals surface area contributed by atoms with Crippen LogP contribution < -0.4 is 0 Å². The van der Waals surface area contributed by atoms with Gasteiger partial charge in [0.15, 0.2) is 0 Å². The molecule has 10 rings (SSSR count). The average molecular weight is 625 g/mol. The van der Waals surface area contributed by atoms with E-state index in [0.717, 1.165) is 0 Å². The van der Waals surface area contributed by atoms with Gasteiger partial charge in [-0.15, -0.1) is 0 Å². The summed E-state index contributed by atoms with van der Waals surface area (Å²) >= 11 is 0. The van der Waals surface area contributed by atoms with Gasteiger partial charge in [0.2, 0.25) is 0 Å². The van der Waals surface area contributed by atoms with E-state index in [1.54, 1.807) is 0 Å². The van der Waals surface area contributed by atoms with Crippen LogP contribution in [-0.4, -0.2) is 0 Å². The van der Waals surface area contributed by atoms with Crippen molar-refractivity contribution in [2.45, 2.75) is 25.2 Å². The van der Waals surface area contributed by atoms with Crippen molar-refractivity contribution >= 4 is 22.4 Å². The van der Waals surface area contributed by atoms with Gasteiger partial charge in [-0.25, -0.2) is 0 Å². The highest BCUT2D eigenvalue weighted by atomic mass is 14.4. The van der Waals surface area contributed by atoms with E-state index in [4.69, 9.17) is 0 Å². The standard InChI is InChI=1S/C49H36/c1-49(2)46-17-8-7-15-42(46)43-25-24-37(30-47(43)49)36-22-21-34-26-33(19-20-35(34)27-36)32-11-9-12-38(28-32)45-29-39-23-18-31-10-3-4-13-40(31)48(39)44-16-6-5-14-41(44)45/h3-30,39,48H,1-2H3. The van der Waals surface area contributed by atoms with Crippen molar-refractivity contribution in [1.82, 2.24) is 0 Å². The van der Waals surface area contributed by atoms with Gasteiger partial charge in [0, 0.05) is 17.3 Å². The highest BCUT2D eigenvalue weighted by molar-refractivity contribution is 5.93. The molecule has 0 nitrogen and oxygen atoms in total. The molecule has 0 saturated heterocycles. The van der Waals surface area contributed by atoms with Gasteiger partial charge in [0.25, 0.3) is 0 Å². The Kier molecular flexibility index (Phi) is 6.15. The molecule has 3 aliphatic carbocycles. The lowest BCUT2D eigenvalue weighted by Crippen LogP contribution is -2.20. The monoisotopic (exact) mass is 624 g/mol. The predicted octanol–water partition coefficient (Wildman–Crippen LogP) is 12.7. The lowest BCUT2D eigenvalue weighted by Gasteiger charge is -2.35. The molecule has 0 aromatic heterocycles. The third kappa shape index (κ3) is 4.37. The van der Waals surface area contributed by atoms with Gasteiger partial charge in [0.05, 0.1) is 0 Å². The summed E-state index contributed by atoms with van der Waals surface area (Å²) in [7, 11) is 0. The first-order valence-electron chi connectivity index (χ1n) is 17.5. The number of benzene rings is 7. The molecule has 0 heteroatoms. The molecular formula is C49H36. The van der Waals surface area contributed by atoms with Crippen LogP contribution in [0, 0.1) is 5.92 Å². The van der Waals surface area contributed by atoms with Crippen LogP contribution in [0.25, 0.3) is 55.8 Å². The third-order valence-electron chi connectivity index (χ3n) is 11.4. The molecule has 7 aromatic carbocycles. The fraction of sp³-hybridized carbons (Fsp3) is 0.102. The number of hydrogen-bond acceptors (Lipinski definition) is 0. The molecule has 0 N–H and O–H groups in total. The molecule has 7 aromatic rings. The summed E-state index contributed by atoms with van der Waals surface area (Å²) < 4.78 is 0. The first-order valence-corrected chi connectivity index (χ1v) is 17.5. The molecule has 0 spiro atoms. The van der Waals surface area contributed by atoms with Crippen LogP contribution in [0.2, 0.25) is 0 Å². The topological polar surface area (TPSA) is 0 Å². The molecule has 2 atom stereocenters. The number of allylic oxidation sites excluding steroid dienone is 2. The van der Waals surface area contributed by atoms with E-state index < -0.39 is 0 Å². The van der Waals surface area contributed by atoms with Crippen molar-refractivity contribution in [1.29, 1.82) is 0 Å². The fourth-order valence-electron chi connectivity index (χ4n) is 8.91. The number of rotatable bonds is 3. The molecule has 232 valence electrons. The second kappa shape index (κ2) is 10.6. The summed E-state index contributed by atoms with van der Waals surface area (Å²) in [4.78, 5) is 0. The van der Waals surface area contributed by atoms with Crippen molar-refractivity contribution in [2.24, 2.45) is 5.92 Å². The molecule has 0 amide bonds. The fourth-order valence-corrected chi connectivity index (χ4v) is 8.91. The summed E-state index contributed by atoms with van der Waals surface area (Å²) in [5.74, 6) is 0.694. The Balaban J connectivity index is 0.991. The Hall–Kier alpha value is -5.72. The Bertz CT molecular complexity index is 2540. The zero-order chi connectivity index (χ0) is 32.7. The van der Waals surface area contributed by atoms with Gasteiger partial charge in [-0.3, -0.25) is 0 Å². The van der Waals surface area contributed by atoms with Gasteiger partial charge >= 0.3 is 0 Å². The second-order valence-electron chi connectivity index (χ2n) is 14.5. The van der Waals surface area contributed by atoms with Crippen molar-refractivity contribution in [3.8, 4) is 33.4 Å². The minimum absolute atomic E-state index is 0.00177. The smallest absolute Gasteiger partial charge is 0.0199 e. The largest absolute Gasteiger partial charge is 0.0760 e. The molecule has 2 unspecified atom stereocenters. The first kappa shape index (κ1) is 28.3. The van der Waals surface area contributed by atoms with Crippen LogP contribution in [0.1, 0.15) is 58.7 Å². The second-order valence-corrected chi connectivity index (χ2v) is 14.5. The zero-order valence-electron chi connectivity index (χ0n) is 27.8. The van der Waals surface area contributed by atoms with Gasteiger partial charge < -0.3 is 0 Å². The predicted molar refractivity (Wildman–Crippen MR) is 207 cm³/mol. The summed E-state index contributed by atoms with van der Waals surface area (Å²) in [5.41, 5.74) is 18.7. The van der Waals surface area contributed by atoms with E-state index in [1.807, 2.05) is 0 Å². The van der Waals surface area contributed by atoms with E-state index in [9.17, 15) is 0 Å². The highest BCUT2D eigenvalue weighted by Crippen LogP contribution is 2.50. The summed E-state index contributed by atoms with van der Waals surface area (Å²) in [6.45, 7) is 4.70. The SMILES string of the molecule is CC1(C)c2ccccc2-c2ccc(-c3ccc4cc(-c5cccc(C6=CC7C=Cc8ccccc8C7c7ccccc76)c5)ccc4c3)cc21. The Morgan fingerprint density at radius 3 is 1.88 bits per heavy atom. The van der Waals surface area contributed by atoms with Gasteiger partial charge in [-0.1, -0.05) is 159 Å². The normalized spacial score (nSPS) is 17.8. The first-order chi connectivity index (χ1) is 24.0. The quantitative estimate of drug-likeness (QED) is 0.183. The van der Waals surface area contributed by atoms with Crippen LogP contribution in [-0.2, 0) is 5.41 Å². The van der Waals surface area contributed by atoms with Crippen LogP contribution in [0.4, 0.5) is 0 Å². The maximum absolute atomic E-state index is 2.50. The molecular weight excluding hydrogens is 589 g/mol. The minimum atomic E-state index is -0.00177. The molecule has 0 heterocycles. The third-order valence-corrected chi connectivity index (χ3v) is 11.4. The molecule has 0 bridgehead atoms. The molecule has 49 heavy (non-hydrogen) atoms. The Morgan fingerprint density at radius 2 is 1.06 bits per heavy atom. The van der Waals surface area contributed by atoms with Crippen LogP contribution in [0.15, 0.2) is 164 Å². The molecule has 3 aliphatic rings. The van der Waals surface area contributed by atoms with Crippen LogP contribution in [0.3, 0.4) is 0 Å². The van der Waals surface area contributed by atoms with Gasteiger partial charge in [-0.2, -0.15) is 0 Å². The van der Waals surface area contributed by atoms with Crippen molar-refractivity contribution in [3.05, 3.63) is 203 Å². The van der Waals surface area contributed by atoms with E-state index in [2.05, 4.69) is 184 Å². The van der Waals surface area contributed by atoms with Crippen molar-refractivity contribution < 1.29 is 0 Å². The maximum atomic E-state index is 2.50. The van der Waals surface area contributed by atoms with Crippen LogP contribution in [0.5, 0.6) is 0 Å². The zero-order valence-corrected chi connectivity index (χ0v) is 27.8. The summed E-state index contributed by atoms with van der Waals surface area (Å²) in [5, 5.41) is 2.52. The summed E-state index contributed by atoms with van der Waals surface area (Å²) in [6.07, 6.45) is 7.20. The molecule has 0 aliphatic heterocycles. The lowest BCUT2D eigenvalue weighted by atomic mass is 9.68. The summed E-state index contributed by atoms with van der Waals surface area (Å²) in [6, 6.07) is 56.7. The van der Waals surface area contributed by atoms with E-state index in [1.165, 1.54) is 88.7 Å². The lowest BCUT2D eigenvalue weighted by molar-refractivity contribution is 0.660. The van der Waals surface area contributed by atoms with Gasteiger partial charge in [-0.05, 0) is 113 Å². The minimum Gasteiger partial charge on any atom is -0.0760 e. The average Bonchev–Trinajstić information content (AvgIpc) is 3.39. The van der Waals surface area contributed by atoms with Crippen molar-refractivity contribution in [3.63, 3.8) is 0 Å². The molecule has 0 fully saturated rings. The maximum Gasteiger partial charge on any atom is 0.0199 e. The molecule has 0 saturated carbocycles. The Labute approximate surface area is 288 Å².